The highest BCUT2D eigenvalue weighted by Crippen LogP contribution is 2.25. The second kappa shape index (κ2) is 9.38. The number of nitrogens with one attached hydrogen (secondary N) is 3. The summed E-state index contributed by atoms with van der Waals surface area (Å²) >= 11 is 7.03. The molecule has 0 spiro atoms. The van der Waals surface area contributed by atoms with E-state index in [1.54, 1.807) is 25.1 Å². The van der Waals surface area contributed by atoms with Crippen molar-refractivity contribution in [2.45, 2.75) is 37.2 Å². The van der Waals surface area contributed by atoms with Gasteiger partial charge in [-0.25, -0.2) is 15.3 Å². The summed E-state index contributed by atoms with van der Waals surface area (Å²) in [7, 11) is 0. The van der Waals surface area contributed by atoms with E-state index in [1.807, 2.05) is 18.8 Å². The first-order chi connectivity index (χ1) is 12.8. The van der Waals surface area contributed by atoms with Crippen molar-refractivity contribution < 1.29 is 9.53 Å². The molecule has 11 heteroatoms. The number of aromatic amines is 2. The number of nitrogens with zero attached hydrogens (tertiary/aromatic N) is 2. The van der Waals surface area contributed by atoms with Gasteiger partial charge in [-0.15, -0.1) is 0 Å². The highest BCUT2D eigenvalue weighted by molar-refractivity contribution is 8.00. The van der Waals surface area contributed by atoms with Crippen LogP contribution in [0.5, 0.6) is 5.75 Å². The summed E-state index contributed by atoms with van der Waals surface area (Å²) in [6, 6.07) is 5.14. The standard InChI is InChI=1S/C16H18ClN5O4S/c1-8(2)26-12-5-4-10(6-11(12)17)7-18-20-13(23)9(3)27-15-14(24)19-16(25)22-21-15/h4-9H,1-3H3,(H,20,23)(H2,19,22,24,25)/b18-7+. The smallest absolute Gasteiger partial charge is 0.342 e. The summed E-state index contributed by atoms with van der Waals surface area (Å²) in [5, 5.41) is 9.34. The lowest BCUT2D eigenvalue weighted by molar-refractivity contribution is -0.120. The first-order valence-electron chi connectivity index (χ1n) is 7.91. The zero-order valence-electron chi connectivity index (χ0n) is 14.8. The molecular weight excluding hydrogens is 394 g/mol. The maximum atomic E-state index is 12.1. The molecule has 1 atom stereocenters. The van der Waals surface area contributed by atoms with E-state index >= 15 is 0 Å². The Labute approximate surface area is 163 Å². The molecule has 3 N–H and O–H groups in total. The lowest BCUT2D eigenvalue weighted by atomic mass is 10.2. The second-order valence-electron chi connectivity index (χ2n) is 5.66. The number of carbonyl (C=O) groups is 1. The van der Waals surface area contributed by atoms with Crippen LogP contribution in [0.4, 0.5) is 0 Å². The number of ether oxygens (including phenoxy) is 1. The monoisotopic (exact) mass is 411 g/mol. The molecule has 9 nitrogen and oxygen atoms in total. The Bertz CT molecular complexity index is 956. The van der Waals surface area contributed by atoms with Crippen LogP contribution >= 0.6 is 23.4 Å². The summed E-state index contributed by atoms with van der Waals surface area (Å²) in [5.41, 5.74) is 1.67. The van der Waals surface area contributed by atoms with Gasteiger partial charge in [0.25, 0.3) is 11.5 Å². The molecule has 1 amide bonds. The number of amides is 1. The van der Waals surface area contributed by atoms with E-state index in [4.69, 9.17) is 16.3 Å². The van der Waals surface area contributed by atoms with E-state index in [0.717, 1.165) is 11.8 Å². The van der Waals surface area contributed by atoms with E-state index in [9.17, 15) is 14.4 Å². The average Bonchev–Trinajstić information content (AvgIpc) is 2.59. The zero-order valence-corrected chi connectivity index (χ0v) is 16.4. The summed E-state index contributed by atoms with van der Waals surface area (Å²) in [4.78, 5) is 36.6. The van der Waals surface area contributed by atoms with Crippen molar-refractivity contribution in [1.29, 1.82) is 0 Å². The number of thioether (sulfide) groups is 1. The molecule has 1 heterocycles. The molecule has 2 aromatic rings. The van der Waals surface area contributed by atoms with Crippen LogP contribution in [0.1, 0.15) is 26.3 Å². The minimum Gasteiger partial charge on any atom is -0.489 e. The molecule has 0 fully saturated rings. The number of hydrazone groups is 1. The second-order valence-corrected chi connectivity index (χ2v) is 7.40. The van der Waals surface area contributed by atoms with Crippen LogP contribution in [0.25, 0.3) is 0 Å². The van der Waals surface area contributed by atoms with Gasteiger partial charge < -0.3 is 4.74 Å². The van der Waals surface area contributed by atoms with Crippen molar-refractivity contribution in [3.05, 3.63) is 49.6 Å². The quantitative estimate of drug-likeness (QED) is 0.360. The van der Waals surface area contributed by atoms with E-state index in [-0.39, 0.29) is 11.1 Å². The van der Waals surface area contributed by atoms with Crippen LogP contribution < -0.4 is 21.4 Å². The Balaban J connectivity index is 1.95. The van der Waals surface area contributed by atoms with E-state index in [2.05, 4.69) is 20.7 Å². The van der Waals surface area contributed by atoms with Gasteiger partial charge in [-0.2, -0.15) is 10.2 Å². The first-order valence-corrected chi connectivity index (χ1v) is 9.17. The zero-order chi connectivity index (χ0) is 20.0. The van der Waals surface area contributed by atoms with Crippen LogP contribution in [0.2, 0.25) is 5.02 Å². The Hall–Kier alpha value is -2.59. The van der Waals surface area contributed by atoms with Crippen molar-refractivity contribution in [2.24, 2.45) is 5.10 Å². The first kappa shape index (κ1) is 20.7. The fourth-order valence-electron chi connectivity index (χ4n) is 1.85. The van der Waals surface area contributed by atoms with Gasteiger partial charge >= 0.3 is 5.69 Å². The molecule has 144 valence electrons. The fraction of sp³-hybridized carbons (Fsp3) is 0.312. The van der Waals surface area contributed by atoms with Gasteiger partial charge in [-0.05, 0) is 44.5 Å². The van der Waals surface area contributed by atoms with Crippen molar-refractivity contribution in [3.8, 4) is 5.75 Å². The molecule has 1 aromatic carbocycles. The van der Waals surface area contributed by atoms with Gasteiger partial charge in [-0.1, -0.05) is 23.4 Å². The van der Waals surface area contributed by atoms with E-state index in [1.165, 1.54) is 6.21 Å². The molecule has 1 aromatic heterocycles. The van der Waals surface area contributed by atoms with Crippen LogP contribution in [-0.2, 0) is 4.79 Å². The number of halogens is 1. The van der Waals surface area contributed by atoms with Crippen molar-refractivity contribution in [3.63, 3.8) is 0 Å². The fourth-order valence-corrected chi connectivity index (χ4v) is 2.83. The maximum Gasteiger partial charge on any atom is 0.342 e. The third-order valence-corrected chi connectivity index (χ3v) is 4.41. The molecule has 0 aliphatic carbocycles. The number of aromatic nitrogens is 3. The van der Waals surface area contributed by atoms with E-state index < -0.39 is 22.4 Å². The highest BCUT2D eigenvalue weighted by Gasteiger charge is 2.17. The van der Waals surface area contributed by atoms with Gasteiger partial charge in [0.1, 0.15) is 5.75 Å². The average molecular weight is 412 g/mol. The molecule has 0 radical (unpaired) electrons. The number of hydrogen-bond acceptors (Lipinski definition) is 7. The van der Waals surface area contributed by atoms with Gasteiger partial charge in [0, 0.05) is 0 Å². The van der Waals surface area contributed by atoms with Gasteiger partial charge in [-0.3, -0.25) is 14.6 Å². The highest BCUT2D eigenvalue weighted by atomic mass is 35.5. The van der Waals surface area contributed by atoms with Gasteiger partial charge in [0.2, 0.25) is 0 Å². The minimum atomic E-state index is -0.713. The molecule has 2 rings (SSSR count). The molecule has 0 bridgehead atoms. The van der Waals surface area contributed by atoms with Gasteiger partial charge in [0.05, 0.1) is 22.6 Å². The van der Waals surface area contributed by atoms with Crippen LogP contribution in [0.3, 0.4) is 0 Å². The number of rotatable bonds is 7. The summed E-state index contributed by atoms with van der Waals surface area (Å²) in [6.07, 6.45) is 1.44. The Kier molecular flexibility index (Phi) is 7.19. The van der Waals surface area contributed by atoms with Crippen LogP contribution in [0, 0.1) is 0 Å². The molecule has 1 unspecified atom stereocenters. The van der Waals surface area contributed by atoms with Gasteiger partial charge in [0.15, 0.2) is 5.03 Å². The predicted octanol–water partition coefficient (Wildman–Crippen LogP) is 1.53. The predicted molar refractivity (Wildman–Crippen MR) is 104 cm³/mol. The number of benzene rings is 1. The molecule has 27 heavy (non-hydrogen) atoms. The maximum absolute atomic E-state index is 12.1. The Morgan fingerprint density at radius 2 is 2.11 bits per heavy atom. The van der Waals surface area contributed by atoms with Crippen molar-refractivity contribution in [1.82, 2.24) is 20.6 Å². The number of carbonyl (C=O) groups excluding carboxylic acids is 1. The largest absolute Gasteiger partial charge is 0.489 e. The normalized spacial score (nSPS) is 12.3. The third kappa shape index (κ3) is 6.26. The number of hydrogen-bond donors (Lipinski definition) is 3. The summed E-state index contributed by atoms with van der Waals surface area (Å²) in [6.45, 7) is 5.38. The number of H-pyrrole nitrogens is 2. The Morgan fingerprint density at radius 3 is 2.74 bits per heavy atom. The third-order valence-electron chi connectivity index (χ3n) is 3.04. The lowest BCUT2D eigenvalue weighted by Gasteiger charge is -2.11. The topological polar surface area (TPSA) is 129 Å². The molecule has 0 saturated carbocycles. The molecule has 0 saturated heterocycles. The summed E-state index contributed by atoms with van der Waals surface area (Å²) in [5.74, 6) is 0.131. The Morgan fingerprint density at radius 1 is 1.37 bits per heavy atom. The van der Waals surface area contributed by atoms with Crippen molar-refractivity contribution in [2.75, 3.05) is 0 Å². The van der Waals surface area contributed by atoms with Crippen molar-refractivity contribution >= 4 is 35.5 Å². The minimum absolute atomic E-state index is 0.00413. The molecular formula is C16H18ClN5O4S. The van der Waals surface area contributed by atoms with Crippen LogP contribution in [-0.4, -0.2) is 38.7 Å². The molecule has 0 aliphatic heterocycles. The lowest BCUT2D eigenvalue weighted by Crippen LogP contribution is -2.30. The van der Waals surface area contributed by atoms with Crippen LogP contribution in [0.15, 0.2) is 37.9 Å². The SMILES string of the molecule is CC(C)Oc1ccc(/C=N/NC(=O)C(C)Sc2n[nH]c(=O)[nH]c2=O)cc1Cl. The molecule has 0 aliphatic rings. The van der Waals surface area contributed by atoms with E-state index in [0.29, 0.717) is 16.3 Å². The summed E-state index contributed by atoms with van der Waals surface area (Å²) < 4.78 is 5.54.